The first-order chi connectivity index (χ1) is 6.56. The van der Waals surface area contributed by atoms with Gasteiger partial charge < -0.3 is 4.57 Å². The van der Waals surface area contributed by atoms with Gasteiger partial charge in [-0.15, -0.1) is 10.2 Å². The smallest absolute Gasteiger partial charge is 0.225 e. The van der Waals surface area contributed by atoms with Crippen LogP contribution < -0.4 is 0 Å². The average molecular weight is 216 g/mol. The molecule has 0 radical (unpaired) electrons. The van der Waals surface area contributed by atoms with E-state index in [9.17, 15) is 0 Å². The first-order valence-electron chi connectivity index (χ1n) is 5.13. The third kappa shape index (κ3) is 2.47. The second-order valence-electron chi connectivity index (χ2n) is 4.07. The van der Waals surface area contributed by atoms with Crippen LogP contribution in [0.3, 0.4) is 0 Å². The van der Waals surface area contributed by atoms with Crippen molar-refractivity contribution in [3.63, 3.8) is 0 Å². The van der Waals surface area contributed by atoms with Crippen LogP contribution in [0.25, 0.3) is 0 Å². The molecule has 0 aliphatic carbocycles. The molecule has 0 spiro atoms. The molecule has 4 heteroatoms. The third-order valence-corrected chi connectivity index (χ3v) is 2.99. The first-order valence-corrected chi connectivity index (χ1v) is 5.51. The highest BCUT2D eigenvalue weighted by molar-refractivity contribution is 6.28. The van der Waals surface area contributed by atoms with E-state index in [1.54, 1.807) is 0 Å². The van der Waals surface area contributed by atoms with Crippen molar-refractivity contribution in [1.29, 1.82) is 0 Å². The topological polar surface area (TPSA) is 30.7 Å². The van der Waals surface area contributed by atoms with E-state index in [4.69, 9.17) is 11.6 Å². The van der Waals surface area contributed by atoms with E-state index in [1.165, 1.54) is 0 Å². The summed E-state index contributed by atoms with van der Waals surface area (Å²) in [5.41, 5.74) is 0. The molecular formula is C10H18ClN3. The van der Waals surface area contributed by atoms with Crippen LogP contribution >= 0.6 is 11.6 Å². The van der Waals surface area contributed by atoms with Crippen molar-refractivity contribution in [2.24, 2.45) is 11.8 Å². The predicted octanol–water partition coefficient (Wildman–Crippen LogP) is 2.79. The molecule has 0 aromatic carbocycles. The van der Waals surface area contributed by atoms with Crippen molar-refractivity contribution in [3.05, 3.63) is 11.1 Å². The predicted molar refractivity (Wildman–Crippen MR) is 58.4 cm³/mol. The fourth-order valence-electron chi connectivity index (χ4n) is 1.25. The molecule has 1 rings (SSSR count). The lowest BCUT2D eigenvalue weighted by Gasteiger charge is -2.17. The van der Waals surface area contributed by atoms with Gasteiger partial charge in [-0.05, 0) is 23.4 Å². The summed E-state index contributed by atoms with van der Waals surface area (Å²) in [5, 5.41) is 8.41. The number of nitrogens with zero attached hydrogens (tertiary/aromatic N) is 3. The molecule has 0 aliphatic heterocycles. The van der Waals surface area contributed by atoms with Gasteiger partial charge in [-0.1, -0.05) is 27.7 Å². The summed E-state index contributed by atoms with van der Waals surface area (Å²) in [5.74, 6) is 2.22. The number of aryl methyl sites for hydroxylation is 1. The second kappa shape index (κ2) is 4.78. The Hall–Kier alpha value is -0.570. The molecule has 80 valence electrons. The highest BCUT2D eigenvalue weighted by Crippen LogP contribution is 2.17. The molecule has 0 saturated heterocycles. The van der Waals surface area contributed by atoms with Crippen LogP contribution in [0, 0.1) is 11.8 Å². The van der Waals surface area contributed by atoms with Crippen LogP contribution in [0.15, 0.2) is 0 Å². The lowest BCUT2D eigenvalue weighted by molar-refractivity contribution is 0.360. The van der Waals surface area contributed by atoms with E-state index in [0.29, 0.717) is 17.1 Å². The largest absolute Gasteiger partial charge is 0.302 e. The maximum absolute atomic E-state index is 5.96. The Morgan fingerprint density at radius 1 is 1.29 bits per heavy atom. The van der Waals surface area contributed by atoms with Gasteiger partial charge in [-0.3, -0.25) is 0 Å². The van der Waals surface area contributed by atoms with Crippen LogP contribution in [0.4, 0.5) is 0 Å². The minimum absolute atomic E-state index is 0.509. The molecule has 1 aromatic heterocycles. The van der Waals surface area contributed by atoms with Crippen LogP contribution in [-0.2, 0) is 13.0 Å². The molecule has 0 saturated carbocycles. The summed E-state index contributed by atoms with van der Waals surface area (Å²) in [6, 6.07) is 0. The number of aromatic nitrogens is 3. The van der Waals surface area contributed by atoms with Crippen LogP contribution in [0.1, 0.15) is 33.5 Å². The van der Waals surface area contributed by atoms with Gasteiger partial charge in [0, 0.05) is 13.0 Å². The van der Waals surface area contributed by atoms with E-state index < -0.39 is 0 Å². The summed E-state index contributed by atoms with van der Waals surface area (Å²) >= 11 is 5.96. The van der Waals surface area contributed by atoms with Crippen LogP contribution in [0.5, 0.6) is 0 Å². The Morgan fingerprint density at radius 3 is 2.43 bits per heavy atom. The van der Waals surface area contributed by atoms with Gasteiger partial charge in [0.15, 0.2) is 0 Å². The summed E-state index contributed by atoms with van der Waals surface area (Å²) in [4.78, 5) is 0. The Labute approximate surface area is 90.5 Å². The standard InChI is InChI=1S/C10H18ClN3/c1-5-9-12-13-10(11)14(9)6-8(4)7(2)3/h7-8H,5-6H2,1-4H3. The number of rotatable bonds is 4. The quantitative estimate of drug-likeness (QED) is 0.774. The molecule has 0 bridgehead atoms. The van der Waals surface area contributed by atoms with Gasteiger partial charge >= 0.3 is 0 Å². The molecule has 1 aromatic rings. The van der Waals surface area contributed by atoms with Crippen molar-refractivity contribution >= 4 is 11.6 Å². The summed E-state index contributed by atoms with van der Waals surface area (Å²) in [7, 11) is 0. The van der Waals surface area contributed by atoms with E-state index in [2.05, 4.69) is 37.9 Å². The van der Waals surface area contributed by atoms with Crippen molar-refractivity contribution in [2.75, 3.05) is 0 Å². The highest BCUT2D eigenvalue weighted by atomic mass is 35.5. The fraction of sp³-hybridized carbons (Fsp3) is 0.800. The zero-order valence-electron chi connectivity index (χ0n) is 9.29. The molecule has 1 heterocycles. The summed E-state index contributed by atoms with van der Waals surface area (Å²) in [6.45, 7) is 9.63. The monoisotopic (exact) mass is 215 g/mol. The number of halogens is 1. The van der Waals surface area contributed by atoms with Crippen molar-refractivity contribution in [3.8, 4) is 0 Å². The molecule has 1 atom stereocenters. The van der Waals surface area contributed by atoms with Gasteiger partial charge in [0.2, 0.25) is 5.28 Å². The number of hydrogen-bond acceptors (Lipinski definition) is 2. The highest BCUT2D eigenvalue weighted by Gasteiger charge is 2.13. The second-order valence-corrected chi connectivity index (χ2v) is 4.41. The minimum atomic E-state index is 0.509. The van der Waals surface area contributed by atoms with E-state index in [0.717, 1.165) is 18.8 Å². The maximum atomic E-state index is 5.96. The van der Waals surface area contributed by atoms with E-state index in [-0.39, 0.29) is 0 Å². The molecule has 0 N–H and O–H groups in total. The molecule has 1 unspecified atom stereocenters. The Morgan fingerprint density at radius 2 is 1.93 bits per heavy atom. The summed E-state index contributed by atoms with van der Waals surface area (Å²) in [6.07, 6.45) is 0.879. The molecule has 3 nitrogen and oxygen atoms in total. The number of hydrogen-bond donors (Lipinski definition) is 0. The SMILES string of the molecule is CCc1nnc(Cl)n1CC(C)C(C)C. The normalized spacial score (nSPS) is 13.6. The lowest BCUT2D eigenvalue weighted by atomic mass is 9.98. The summed E-state index contributed by atoms with van der Waals surface area (Å²) < 4.78 is 2.01. The molecule has 14 heavy (non-hydrogen) atoms. The van der Waals surface area contributed by atoms with Gasteiger partial charge in [0.25, 0.3) is 0 Å². The Kier molecular flexibility index (Phi) is 3.93. The van der Waals surface area contributed by atoms with Crippen molar-refractivity contribution in [1.82, 2.24) is 14.8 Å². The molecule has 0 amide bonds. The molecule has 0 fully saturated rings. The lowest BCUT2D eigenvalue weighted by Crippen LogP contribution is -2.15. The van der Waals surface area contributed by atoms with E-state index in [1.807, 2.05) is 4.57 Å². The van der Waals surface area contributed by atoms with Gasteiger partial charge in [0.1, 0.15) is 5.82 Å². The van der Waals surface area contributed by atoms with Crippen molar-refractivity contribution < 1.29 is 0 Å². The van der Waals surface area contributed by atoms with Crippen molar-refractivity contribution in [2.45, 2.75) is 40.7 Å². The maximum Gasteiger partial charge on any atom is 0.225 e. The van der Waals surface area contributed by atoms with Crippen LogP contribution in [-0.4, -0.2) is 14.8 Å². The van der Waals surface area contributed by atoms with Gasteiger partial charge in [-0.25, -0.2) is 0 Å². The van der Waals surface area contributed by atoms with Gasteiger partial charge in [-0.2, -0.15) is 0 Å². The van der Waals surface area contributed by atoms with E-state index >= 15 is 0 Å². The minimum Gasteiger partial charge on any atom is -0.302 e. The fourth-order valence-corrected chi connectivity index (χ4v) is 1.46. The third-order valence-electron chi connectivity index (χ3n) is 2.71. The van der Waals surface area contributed by atoms with Crippen LogP contribution in [0.2, 0.25) is 5.28 Å². The Bertz CT molecular complexity index is 294. The van der Waals surface area contributed by atoms with Gasteiger partial charge in [0.05, 0.1) is 0 Å². The zero-order valence-corrected chi connectivity index (χ0v) is 10.0. The average Bonchev–Trinajstić information content (AvgIpc) is 2.47. The first kappa shape index (κ1) is 11.5. The molecule has 0 aliphatic rings. The molecular weight excluding hydrogens is 198 g/mol. The Balaban J connectivity index is 2.79. The zero-order chi connectivity index (χ0) is 10.7.